The minimum Gasteiger partial charge on any atom is -0.494 e. The minimum atomic E-state index is -0.356. The van der Waals surface area contributed by atoms with Crippen LogP contribution in [0.4, 0.5) is 10.7 Å². The summed E-state index contributed by atoms with van der Waals surface area (Å²) in [4.78, 5) is 18.5. The number of nitrogens with one attached hydrogen (secondary N) is 2. The summed E-state index contributed by atoms with van der Waals surface area (Å²) in [5.41, 5.74) is 0. The zero-order chi connectivity index (χ0) is 9.68. The molecular weight excluding hydrogens is 172 g/mol. The van der Waals surface area contributed by atoms with E-state index in [4.69, 9.17) is 4.74 Å². The number of hydrogen-bond acceptors (Lipinski definition) is 4. The summed E-state index contributed by atoms with van der Waals surface area (Å²) in [5, 5.41) is 4.80. The molecule has 6 nitrogen and oxygen atoms in total. The highest BCUT2D eigenvalue weighted by atomic mass is 16.5. The summed E-state index contributed by atoms with van der Waals surface area (Å²) in [6, 6.07) is -0.356. The normalized spacial score (nSPS) is 9.08. The zero-order valence-corrected chi connectivity index (χ0v) is 7.37. The second-order valence-corrected chi connectivity index (χ2v) is 2.15. The average Bonchev–Trinajstić information content (AvgIpc) is 2.19. The van der Waals surface area contributed by atoms with Crippen LogP contribution in [-0.4, -0.2) is 30.2 Å². The molecule has 0 saturated heterocycles. The Hall–Kier alpha value is -1.85. The summed E-state index contributed by atoms with van der Waals surface area (Å²) >= 11 is 0. The summed E-state index contributed by atoms with van der Waals surface area (Å²) < 4.78 is 4.85. The molecule has 2 N–H and O–H groups in total. The molecule has 0 atom stereocenters. The molecule has 0 unspecified atom stereocenters. The molecule has 1 aromatic rings. The van der Waals surface area contributed by atoms with Crippen molar-refractivity contribution in [2.75, 3.05) is 19.5 Å². The molecule has 0 aliphatic rings. The summed E-state index contributed by atoms with van der Waals surface area (Å²) in [5.74, 6) is 0.780. The Balaban J connectivity index is 2.64. The highest BCUT2D eigenvalue weighted by Gasteiger charge is 2.00. The van der Waals surface area contributed by atoms with Crippen molar-refractivity contribution < 1.29 is 9.53 Å². The first-order valence-electron chi connectivity index (χ1n) is 3.61. The smallest absolute Gasteiger partial charge is 0.321 e. The first-order chi connectivity index (χ1) is 6.26. The second kappa shape index (κ2) is 4.24. The molecule has 13 heavy (non-hydrogen) atoms. The number of anilines is 1. The Kier molecular flexibility index (Phi) is 3.02. The standard InChI is InChI=1S/C7H10N4O2/c1-8-7(12)11-6-9-3-5(13-2)4-10-6/h3-4H,1-2H3,(H2,8,9,10,11,12). The largest absolute Gasteiger partial charge is 0.494 e. The van der Waals surface area contributed by atoms with Gasteiger partial charge < -0.3 is 10.1 Å². The van der Waals surface area contributed by atoms with E-state index in [0.29, 0.717) is 5.75 Å². The molecule has 0 spiro atoms. The number of amides is 2. The highest BCUT2D eigenvalue weighted by Crippen LogP contribution is 2.06. The second-order valence-electron chi connectivity index (χ2n) is 2.15. The lowest BCUT2D eigenvalue weighted by Gasteiger charge is -2.02. The van der Waals surface area contributed by atoms with Gasteiger partial charge in [-0.1, -0.05) is 0 Å². The number of aromatic nitrogens is 2. The van der Waals surface area contributed by atoms with Crippen LogP contribution in [0.25, 0.3) is 0 Å². The molecule has 1 rings (SSSR count). The van der Waals surface area contributed by atoms with Gasteiger partial charge in [-0.3, -0.25) is 5.32 Å². The van der Waals surface area contributed by atoms with E-state index >= 15 is 0 Å². The van der Waals surface area contributed by atoms with Crippen molar-refractivity contribution in [1.29, 1.82) is 0 Å². The number of rotatable bonds is 2. The number of methoxy groups -OCH3 is 1. The maximum absolute atomic E-state index is 10.8. The van der Waals surface area contributed by atoms with Gasteiger partial charge in [0.25, 0.3) is 0 Å². The van der Waals surface area contributed by atoms with Gasteiger partial charge in [-0.2, -0.15) is 0 Å². The molecule has 0 radical (unpaired) electrons. The van der Waals surface area contributed by atoms with Crippen LogP contribution < -0.4 is 15.4 Å². The first-order valence-corrected chi connectivity index (χ1v) is 3.61. The van der Waals surface area contributed by atoms with Crippen LogP contribution in [0.5, 0.6) is 5.75 Å². The number of carbonyl (C=O) groups is 1. The number of carbonyl (C=O) groups excluding carboxylic acids is 1. The topological polar surface area (TPSA) is 76.1 Å². The van der Waals surface area contributed by atoms with E-state index in [9.17, 15) is 4.79 Å². The van der Waals surface area contributed by atoms with E-state index in [1.165, 1.54) is 26.6 Å². The predicted octanol–water partition coefficient (Wildman–Crippen LogP) is 0.236. The molecule has 70 valence electrons. The zero-order valence-electron chi connectivity index (χ0n) is 7.37. The number of urea groups is 1. The van der Waals surface area contributed by atoms with Gasteiger partial charge in [0, 0.05) is 7.05 Å². The number of nitrogens with zero attached hydrogens (tertiary/aromatic N) is 2. The molecule has 1 aromatic heterocycles. The fraction of sp³-hybridized carbons (Fsp3) is 0.286. The lowest BCUT2D eigenvalue weighted by Crippen LogP contribution is -2.25. The lowest BCUT2D eigenvalue weighted by atomic mass is 10.6. The van der Waals surface area contributed by atoms with Crippen LogP contribution >= 0.6 is 0 Å². The van der Waals surface area contributed by atoms with Crippen LogP contribution in [0.1, 0.15) is 0 Å². The Labute approximate surface area is 75.3 Å². The number of hydrogen-bond donors (Lipinski definition) is 2. The Morgan fingerprint density at radius 1 is 1.46 bits per heavy atom. The summed E-state index contributed by atoms with van der Waals surface area (Å²) in [6.45, 7) is 0. The molecule has 0 aliphatic heterocycles. The molecule has 0 fully saturated rings. The average molecular weight is 182 g/mol. The van der Waals surface area contributed by atoms with Gasteiger partial charge in [0.2, 0.25) is 5.95 Å². The molecule has 0 aliphatic carbocycles. The fourth-order valence-electron chi connectivity index (χ4n) is 0.650. The van der Waals surface area contributed by atoms with Crippen LogP contribution in [0.2, 0.25) is 0 Å². The van der Waals surface area contributed by atoms with Gasteiger partial charge in [-0.15, -0.1) is 0 Å². The Morgan fingerprint density at radius 3 is 2.54 bits per heavy atom. The molecule has 2 amide bonds. The van der Waals surface area contributed by atoms with Crippen LogP contribution in [0.15, 0.2) is 12.4 Å². The highest BCUT2D eigenvalue weighted by molar-refractivity contribution is 5.86. The fourth-order valence-corrected chi connectivity index (χ4v) is 0.650. The van der Waals surface area contributed by atoms with Gasteiger partial charge in [-0.25, -0.2) is 14.8 Å². The van der Waals surface area contributed by atoms with Crippen LogP contribution in [0.3, 0.4) is 0 Å². The van der Waals surface area contributed by atoms with Crippen molar-refractivity contribution in [2.24, 2.45) is 0 Å². The third-order valence-corrected chi connectivity index (χ3v) is 1.32. The number of ether oxygens (including phenoxy) is 1. The van der Waals surface area contributed by atoms with Crippen molar-refractivity contribution in [3.05, 3.63) is 12.4 Å². The Morgan fingerprint density at radius 2 is 2.08 bits per heavy atom. The molecule has 1 heterocycles. The van der Waals surface area contributed by atoms with Gasteiger partial charge in [0.15, 0.2) is 5.75 Å². The van der Waals surface area contributed by atoms with Crippen molar-refractivity contribution in [2.45, 2.75) is 0 Å². The van der Waals surface area contributed by atoms with E-state index in [0.717, 1.165) is 0 Å². The first kappa shape index (κ1) is 9.24. The van der Waals surface area contributed by atoms with Crippen molar-refractivity contribution in [1.82, 2.24) is 15.3 Å². The molecule has 0 bridgehead atoms. The third kappa shape index (κ3) is 2.58. The van der Waals surface area contributed by atoms with Crippen molar-refractivity contribution in [3.63, 3.8) is 0 Å². The molecule has 6 heteroatoms. The van der Waals surface area contributed by atoms with Crippen molar-refractivity contribution >= 4 is 12.0 Å². The van der Waals surface area contributed by atoms with E-state index in [2.05, 4.69) is 20.6 Å². The van der Waals surface area contributed by atoms with Crippen molar-refractivity contribution in [3.8, 4) is 5.75 Å². The van der Waals surface area contributed by atoms with Gasteiger partial charge in [-0.05, 0) is 0 Å². The molecule has 0 aromatic carbocycles. The summed E-state index contributed by atoms with van der Waals surface area (Å²) in [6.07, 6.45) is 2.94. The van der Waals surface area contributed by atoms with E-state index in [1.807, 2.05) is 0 Å². The maximum Gasteiger partial charge on any atom is 0.321 e. The van der Waals surface area contributed by atoms with Crippen LogP contribution in [0, 0.1) is 0 Å². The molecular formula is C7H10N4O2. The van der Waals surface area contributed by atoms with E-state index in [1.54, 1.807) is 0 Å². The third-order valence-electron chi connectivity index (χ3n) is 1.32. The van der Waals surface area contributed by atoms with E-state index in [-0.39, 0.29) is 12.0 Å². The molecule has 0 saturated carbocycles. The SMILES string of the molecule is CNC(=O)Nc1ncc(OC)cn1. The monoisotopic (exact) mass is 182 g/mol. The van der Waals surface area contributed by atoms with E-state index < -0.39 is 0 Å². The van der Waals surface area contributed by atoms with Gasteiger partial charge in [0.1, 0.15) is 0 Å². The maximum atomic E-state index is 10.8. The summed E-state index contributed by atoms with van der Waals surface area (Å²) in [7, 11) is 3.03. The minimum absolute atomic E-state index is 0.236. The van der Waals surface area contributed by atoms with Gasteiger partial charge >= 0.3 is 6.03 Å². The van der Waals surface area contributed by atoms with Gasteiger partial charge in [0.05, 0.1) is 19.5 Å². The Bertz CT molecular complexity index is 285. The van der Waals surface area contributed by atoms with Crippen LogP contribution in [-0.2, 0) is 0 Å². The lowest BCUT2D eigenvalue weighted by molar-refractivity contribution is 0.253. The quantitative estimate of drug-likeness (QED) is 0.686. The predicted molar refractivity (Wildman–Crippen MR) is 46.7 cm³/mol.